The van der Waals surface area contributed by atoms with E-state index in [0.717, 1.165) is 41.5 Å². The Kier molecular flexibility index (Phi) is 12.4. The van der Waals surface area contributed by atoms with Crippen molar-refractivity contribution in [3.63, 3.8) is 0 Å². The van der Waals surface area contributed by atoms with Crippen LogP contribution in [0.2, 0.25) is 0 Å². The number of aliphatic hydroxyl groups is 2. The molecule has 2 fully saturated rings. The van der Waals surface area contributed by atoms with Crippen LogP contribution in [0.5, 0.6) is 0 Å². The Labute approximate surface area is 234 Å². The second kappa shape index (κ2) is 15.0. The highest BCUT2D eigenvalue weighted by molar-refractivity contribution is 5.68. The highest BCUT2D eigenvalue weighted by Gasteiger charge is 2.56. The fourth-order valence-electron chi connectivity index (χ4n) is 4.17. The van der Waals surface area contributed by atoms with Crippen LogP contribution in [0.15, 0.2) is 0 Å². The van der Waals surface area contributed by atoms with Crippen molar-refractivity contribution >= 4 is 35.8 Å². The number of rotatable bonds is 10. The number of carbonyl (C=O) groups excluding carboxylic acids is 6. The third-order valence-corrected chi connectivity index (χ3v) is 5.63. The minimum atomic E-state index is -1.88. The van der Waals surface area contributed by atoms with Crippen LogP contribution < -0.4 is 0 Å². The summed E-state index contributed by atoms with van der Waals surface area (Å²) in [5.74, 6) is -5.07. The Morgan fingerprint density at radius 1 is 0.537 bits per heavy atom. The Bertz CT molecular complexity index is 981. The van der Waals surface area contributed by atoms with E-state index in [-0.39, 0.29) is 0 Å². The normalized spacial score (nSPS) is 33.1. The molecule has 2 rings (SSSR count). The van der Waals surface area contributed by atoms with E-state index in [2.05, 4.69) is 0 Å². The molecule has 41 heavy (non-hydrogen) atoms. The maximum absolute atomic E-state index is 12.0. The average molecular weight is 595 g/mol. The number of carbonyl (C=O) groups is 6. The molecule has 0 aliphatic carbocycles. The third-order valence-electron chi connectivity index (χ3n) is 5.63. The van der Waals surface area contributed by atoms with Crippen LogP contribution in [0.1, 0.15) is 41.5 Å². The summed E-state index contributed by atoms with van der Waals surface area (Å²) in [7, 11) is 0. The van der Waals surface area contributed by atoms with Gasteiger partial charge in [-0.3, -0.25) is 28.8 Å². The molecule has 2 aliphatic rings. The van der Waals surface area contributed by atoms with Crippen molar-refractivity contribution in [1.29, 1.82) is 0 Å². The molecule has 232 valence electrons. The monoisotopic (exact) mass is 594 g/mol. The van der Waals surface area contributed by atoms with E-state index in [1.807, 2.05) is 0 Å². The number of hydrogen-bond donors (Lipinski definition) is 2. The lowest BCUT2D eigenvalue weighted by Gasteiger charge is -2.47. The molecule has 2 N–H and O–H groups in total. The highest BCUT2D eigenvalue weighted by atomic mass is 16.8. The highest BCUT2D eigenvalue weighted by Crippen LogP contribution is 2.33. The van der Waals surface area contributed by atoms with E-state index in [1.54, 1.807) is 0 Å². The number of hydrogen-bond acceptors (Lipinski definition) is 17. The van der Waals surface area contributed by atoms with E-state index < -0.39 is 110 Å². The molecule has 17 heteroatoms. The molecule has 2 aliphatic heterocycles. The Morgan fingerprint density at radius 3 is 1.46 bits per heavy atom. The first-order chi connectivity index (χ1) is 19.1. The van der Waals surface area contributed by atoms with Gasteiger partial charge >= 0.3 is 35.8 Å². The molecular weight excluding hydrogens is 560 g/mol. The summed E-state index contributed by atoms with van der Waals surface area (Å²) in [4.78, 5) is 70.6. The SMILES string of the molecule is CC(=O)OC[C@H]1O[C@@H](O[C@H]2[C@H](OC(C)=O)[C@@H](OC(C)=O)C(O)O[C@@H]2COC(C)=O)[C@H](OC(C)=O)[C@@H](OC(C)=O)[C@H]1O. The van der Waals surface area contributed by atoms with Crippen molar-refractivity contribution in [3.8, 4) is 0 Å². The van der Waals surface area contributed by atoms with E-state index >= 15 is 0 Å². The van der Waals surface area contributed by atoms with E-state index in [4.69, 9.17) is 42.6 Å². The van der Waals surface area contributed by atoms with Gasteiger partial charge in [0.15, 0.2) is 37.0 Å². The van der Waals surface area contributed by atoms with Crippen molar-refractivity contribution in [1.82, 2.24) is 0 Å². The minimum Gasteiger partial charge on any atom is -0.463 e. The summed E-state index contributed by atoms with van der Waals surface area (Å²) in [6, 6.07) is 0. The van der Waals surface area contributed by atoms with E-state index in [0.29, 0.717) is 0 Å². The first-order valence-corrected chi connectivity index (χ1v) is 12.4. The van der Waals surface area contributed by atoms with Crippen molar-refractivity contribution in [2.45, 2.75) is 103 Å². The van der Waals surface area contributed by atoms with Crippen LogP contribution in [0.4, 0.5) is 0 Å². The molecule has 0 aromatic heterocycles. The van der Waals surface area contributed by atoms with Gasteiger partial charge in [-0.2, -0.15) is 0 Å². The fraction of sp³-hybridized carbons (Fsp3) is 0.750. The van der Waals surface area contributed by atoms with Crippen molar-refractivity contribution in [2.24, 2.45) is 0 Å². The van der Waals surface area contributed by atoms with Gasteiger partial charge in [0.25, 0.3) is 0 Å². The van der Waals surface area contributed by atoms with Crippen LogP contribution in [0, 0.1) is 0 Å². The first-order valence-electron chi connectivity index (χ1n) is 12.4. The zero-order valence-corrected chi connectivity index (χ0v) is 23.2. The van der Waals surface area contributed by atoms with Crippen molar-refractivity contribution in [2.75, 3.05) is 13.2 Å². The van der Waals surface area contributed by atoms with Crippen LogP contribution in [-0.2, 0) is 71.4 Å². The lowest BCUT2D eigenvalue weighted by molar-refractivity contribution is -0.357. The van der Waals surface area contributed by atoms with Crippen LogP contribution in [0.25, 0.3) is 0 Å². The maximum atomic E-state index is 12.0. The van der Waals surface area contributed by atoms with Gasteiger partial charge in [-0.1, -0.05) is 0 Å². The molecule has 10 atom stereocenters. The van der Waals surface area contributed by atoms with Crippen molar-refractivity contribution < 1.29 is 81.6 Å². The number of aliphatic hydroxyl groups excluding tert-OH is 2. The van der Waals surface area contributed by atoms with Gasteiger partial charge in [-0.05, 0) is 0 Å². The Morgan fingerprint density at radius 2 is 0.976 bits per heavy atom. The zero-order chi connectivity index (χ0) is 31.0. The van der Waals surface area contributed by atoms with Gasteiger partial charge in [0.05, 0.1) is 0 Å². The standard InChI is InChI=1S/C24H34O17/c1-9(25)33-7-15-17(31)19(35-11(3)27)22(38-14(6)30)24(40-15)41-18-16(8-34-10(2)26)39-23(32)21(37-13(5)29)20(18)36-12(4)28/h15-24,31-32H,7-8H2,1-6H3/t15-,16-,17+,18-,19+,20+,21-,22-,23?,24+/m1/s1. The molecule has 0 aromatic rings. The van der Waals surface area contributed by atoms with Gasteiger partial charge in [0, 0.05) is 41.5 Å². The van der Waals surface area contributed by atoms with Crippen LogP contribution in [0.3, 0.4) is 0 Å². The number of ether oxygens (including phenoxy) is 9. The van der Waals surface area contributed by atoms with E-state index in [9.17, 15) is 39.0 Å². The lowest BCUT2D eigenvalue weighted by atomic mass is 9.96. The zero-order valence-electron chi connectivity index (χ0n) is 23.2. The first kappa shape index (κ1) is 33.8. The Hall–Kier alpha value is -3.38. The third kappa shape index (κ3) is 9.89. The largest absolute Gasteiger partial charge is 0.463 e. The van der Waals surface area contributed by atoms with Gasteiger partial charge in [0.2, 0.25) is 0 Å². The molecule has 0 saturated carbocycles. The minimum absolute atomic E-state index is 0.554. The van der Waals surface area contributed by atoms with E-state index in [1.165, 1.54) is 0 Å². The number of esters is 6. The summed E-state index contributed by atoms with van der Waals surface area (Å²) >= 11 is 0. The van der Waals surface area contributed by atoms with Gasteiger partial charge in [-0.15, -0.1) is 0 Å². The molecule has 1 unspecified atom stereocenters. The van der Waals surface area contributed by atoms with Crippen molar-refractivity contribution in [3.05, 3.63) is 0 Å². The fourth-order valence-corrected chi connectivity index (χ4v) is 4.17. The van der Waals surface area contributed by atoms with Gasteiger partial charge in [-0.25, -0.2) is 0 Å². The van der Waals surface area contributed by atoms with Crippen LogP contribution in [-0.4, -0.2) is 121 Å². The molecular formula is C24H34O17. The smallest absolute Gasteiger partial charge is 0.303 e. The molecule has 0 amide bonds. The molecule has 2 heterocycles. The topological polar surface area (TPSA) is 226 Å². The van der Waals surface area contributed by atoms with Gasteiger partial charge in [0.1, 0.15) is 37.6 Å². The quantitative estimate of drug-likeness (QED) is 0.206. The lowest BCUT2D eigenvalue weighted by Crippen LogP contribution is -2.66. The molecule has 17 nitrogen and oxygen atoms in total. The second-order valence-corrected chi connectivity index (χ2v) is 9.10. The summed E-state index contributed by atoms with van der Waals surface area (Å²) in [5, 5.41) is 21.4. The summed E-state index contributed by atoms with van der Waals surface area (Å²) < 4.78 is 48.0. The molecule has 0 radical (unpaired) electrons. The maximum Gasteiger partial charge on any atom is 0.303 e. The summed E-state index contributed by atoms with van der Waals surface area (Å²) in [6.07, 6.45) is -16.3. The predicted molar refractivity (Wildman–Crippen MR) is 126 cm³/mol. The molecule has 0 bridgehead atoms. The summed E-state index contributed by atoms with van der Waals surface area (Å²) in [6.45, 7) is 5.14. The van der Waals surface area contributed by atoms with Gasteiger partial charge < -0.3 is 52.8 Å². The van der Waals surface area contributed by atoms with Crippen LogP contribution >= 0.6 is 0 Å². The molecule has 0 spiro atoms. The Balaban J connectivity index is 2.57. The average Bonchev–Trinajstić information content (AvgIpc) is 2.83. The summed E-state index contributed by atoms with van der Waals surface area (Å²) in [5.41, 5.74) is 0. The predicted octanol–water partition coefficient (Wildman–Crippen LogP) is -1.97. The molecule has 0 aromatic carbocycles. The second-order valence-electron chi connectivity index (χ2n) is 9.10. The molecule has 2 saturated heterocycles.